The number of rotatable bonds is 9. The van der Waals surface area contributed by atoms with Crippen molar-refractivity contribution in [2.45, 2.75) is 19.8 Å². The van der Waals surface area contributed by atoms with Gasteiger partial charge in [0.2, 0.25) is 5.91 Å². The molecule has 0 saturated heterocycles. The second-order valence-electron chi connectivity index (χ2n) is 6.70. The van der Waals surface area contributed by atoms with E-state index in [0.29, 0.717) is 18.0 Å². The number of para-hydroxylation sites is 2. The zero-order valence-corrected chi connectivity index (χ0v) is 16.2. The number of hydrogen-bond donors (Lipinski definition) is 2. The van der Waals surface area contributed by atoms with E-state index in [1.54, 1.807) is 0 Å². The van der Waals surface area contributed by atoms with Crippen LogP contribution in [-0.2, 0) is 11.2 Å². The lowest BCUT2D eigenvalue weighted by Crippen LogP contribution is -2.22. The van der Waals surface area contributed by atoms with E-state index >= 15 is 0 Å². The van der Waals surface area contributed by atoms with Gasteiger partial charge < -0.3 is 15.4 Å². The summed E-state index contributed by atoms with van der Waals surface area (Å²) in [7, 11) is 0. The first-order valence-electron chi connectivity index (χ1n) is 9.57. The average molecular weight is 374 g/mol. The Morgan fingerprint density at radius 1 is 0.929 bits per heavy atom. The molecule has 4 nitrogen and oxygen atoms in total. The first-order chi connectivity index (χ1) is 13.7. The van der Waals surface area contributed by atoms with Gasteiger partial charge in [0.25, 0.3) is 0 Å². The molecule has 0 saturated carbocycles. The van der Waals surface area contributed by atoms with Crippen LogP contribution in [-0.4, -0.2) is 19.1 Å². The highest BCUT2D eigenvalue weighted by molar-refractivity contribution is 5.95. The number of hydrogen-bond acceptors (Lipinski definition) is 3. The molecule has 3 aromatic rings. The second-order valence-corrected chi connectivity index (χ2v) is 6.70. The number of carbonyl (C=O) groups is 1. The molecule has 3 rings (SSSR count). The third kappa shape index (κ3) is 6.16. The molecule has 0 spiro atoms. The molecule has 144 valence electrons. The van der Waals surface area contributed by atoms with Crippen LogP contribution in [0.3, 0.4) is 0 Å². The maximum Gasteiger partial charge on any atom is 0.243 e. The minimum atomic E-state index is -0.109. The van der Waals surface area contributed by atoms with Crippen molar-refractivity contribution in [3.8, 4) is 5.75 Å². The quantitative estimate of drug-likeness (QED) is 0.515. The SMILES string of the molecule is Cc1cccc(NCC(=O)Nc2ccccc2OCCCc2ccccc2)c1. The first kappa shape index (κ1) is 19.5. The van der Waals surface area contributed by atoms with E-state index in [4.69, 9.17) is 4.74 Å². The summed E-state index contributed by atoms with van der Waals surface area (Å²) in [6.07, 6.45) is 1.89. The molecule has 0 unspecified atom stereocenters. The van der Waals surface area contributed by atoms with Gasteiger partial charge in [0.15, 0.2) is 0 Å². The Kier molecular flexibility index (Phi) is 7.08. The summed E-state index contributed by atoms with van der Waals surface area (Å²) in [4.78, 5) is 12.3. The molecule has 0 aliphatic rings. The van der Waals surface area contributed by atoms with Gasteiger partial charge in [0.05, 0.1) is 18.8 Å². The summed E-state index contributed by atoms with van der Waals surface area (Å²) in [5.41, 5.74) is 4.08. The fourth-order valence-electron chi connectivity index (χ4n) is 2.93. The number of amides is 1. The first-order valence-corrected chi connectivity index (χ1v) is 9.57. The fraction of sp³-hybridized carbons (Fsp3) is 0.208. The van der Waals surface area contributed by atoms with Gasteiger partial charge in [-0.1, -0.05) is 54.6 Å². The maximum absolute atomic E-state index is 12.3. The molecular formula is C24H26N2O2. The van der Waals surface area contributed by atoms with Gasteiger partial charge in [-0.05, 0) is 55.2 Å². The lowest BCUT2D eigenvalue weighted by atomic mass is 10.1. The standard InChI is InChI=1S/C24H26N2O2/c1-19-9-7-13-21(17-19)25-18-24(27)26-22-14-5-6-15-23(22)28-16-8-12-20-10-3-2-4-11-20/h2-7,9-11,13-15,17,25H,8,12,16,18H2,1H3,(H,26,27). The number of carbonyl (C=O) groups excluding carboxylic acids is 1. The summed E-state index contributed by atoms with van der Waals surface area (Å²) in [6, 6.07) is 25.8. The number of benzene rings is 3. The third-order valence-corrected chi connectivity index (χ3v) is 4.34. The largest absolute Gasteiger partial charge is 0.491 e. The van der Waals surface area contributed by atoms with Crippen molar-refractivity contribution in [2.75, 3.05) is 23.8 Å². The summed E-state index contributed by atoms with van der Waals surface area (Å²) >= 11 is 0. The van der Waals surface area contributed by atoms with E-state index in [-0.39, 0.29) is 12.5 Å². The monoisotopic (exact) mass is 374 g/mol. The van der Waals surface area contributed by atoms with E-state index in [1.165, 1.54) is 5.56 Å². The highest BCUT2D eigenvalue weighted by Gasteiger charge is 2.08. The summed E-state index contributed by atoms with van der Waals surface area (Å²) in [6.45, 7) is 2.83. The molecular weight excluding hydrogens is 348 g/mol. The lowest BCUT2D eigenvalue weighted by molar-refractivity contribution is -0.114. The minimum absolute atomic E-state index is 0.109. The van der Waals surface area contributed by atoms with Crippen molar-refractivity contribution >= 4 is 17.3 Å². The van der Waals surface area contributed by atoms with Gasteiger partial charge in [-0.2, -0.15) is 0 Å². The molecule has 2 N–H and O–H groups in total. The van der Waals surface area contributed by atoms with Gasteiger partial charge in [-0.25, -0.2) is 0 Å². The second kappa shape index (κ2) is 10.2. The molecule has 0 fully saturated rings. The molecule has 3 aromatic carbocycles. The smallest absolute Gasteiger partial charge is 0.243 e. The molecule has 0 aliphatic carbocycles. The fourth-order valence-corrected chi connectivity index (χ4v) is 2.93. The predicted molar refractivity (Wildman–Crippen MR) is 115 cm³/mol. The Hall–Kier alpha value is -3.27. The minimum Gasteiger partial charge on any atom is -0.491 e. The van der Waals surface area contributed by atoms with Gasteiger partial charge in [0, 0.05) is 5.69 Å². The Morgan fingerprint density at radius 3 is 2.54 bits per heavy atom. The van der Waals surface area contributed by atoms with E-state index in [9.17, 15) is 4.79 Å². The molecule has 0 aliphatic heterocycles. The average Bonchev–Trinajstić information content (AvgIpc) is 2.72. The highest BCUT2D eigenvalue weighted by atomic mass is 16.5. The molecule has 0 bridgehead atoms. The molecule has 4 heteroatoms. The molecule has 0 heterocycles. The number of ether oxygens (including phenoxy) is 1. The zero-order valence-electron chi connectivity index (χ0n) is 16.2. The van der Waals surface area contributed by atoms with Crippen LogP contribution in [0.1, 0.15) is 17.5 Å². The van der Waals surface area contributed by atoms with Gasteiger partial charge in [0.1, 0.15) is 5.75 Å². The highest BCUT2D eigenvalue weighted by Crippen LogP contribution is 2.24. The zero-order chi connectivity index (χ0) is 19.6. The van der Waals surface area contributed by atoms with Crippen LogP contribution < -0.4 is 15.4 Å². The van der Waals surface area contributed by atoms with Crippen LogP contribution in [0, 0.1) is 6.92 Å². The normalized spacial score (nSPS) is 10.3. The van der Waals surface area contributed by atoms with Crippen LogP contribution in [0.15, 0.2) is 78.9 Å². The Bertz CT molecular complexity index is 894. The number of nitrogens with one attached hydrogen (secondary N) is 2. The van der Waals surface area contributed by atoms with E-state index in [0.717, 1.165) is 24.1 Å². The Balaban J connectivity index is 1.48. The van der Waals surface area contributed by atoms with E-state index in [2.05, 4.69) is 22.8 Å². The lowest BCUT2D eigenvalue weighted by Gasteiger charge is -2.13. The number of anilines is 2. The summed E-state index contributed by atoms with van der Waals surface area (Å²) in [5.74, 6) is 0.585. The van der Waals surface area contributed by atoms with Crippen molar-refractivity contribution in [3.63, 3.8) is 0 Å². The van der Waals surface area contributed by atoms with Gasteiger partial charge >= 0.3 is 0 Å². The van der Waals surface area contributed by atoms with Crippen molar-refractivity contribution < 1.29 is 9.53 Å². The third-order valence-electron chi connectivity index (χ3n) is 4.34. The maximum atomic E-state index is 12.3. The summed E-state index contributed by atoms with van der Waals surface area (Å²) < 4.78 is 5.90. The van der Waals surface area contributed by atoms with Crippen molar-refractivity contribution in [3.05, 3.63) is 90.0 Å². The van der Waals surface area contributed by atoms with Crippen LogP contribution in [0.25, 0.3) is 0 Å². The van der Waals surface area contributed by atoms with E-state index < -0.39 is 0 Å². The van der Waals surface area contributed by atoms with Gasteiger partial charge in [-0.15, -0.1) is 0 Å². The van der Waals surface area contributed by atoms with Crippen LogP contribution >= 0.6 is 0 Å². The summed E-state index contributed by atoms with van der Waals surface area (Å²) in [5, 5.41) is 6.07. The molecule has 0 aromatic heterocycles. The van der Waals surface area contributed by atoms with E-state index in [1.807, 2.05) is 73.7 Å². The molecule has 28 heavy (non-hydrogen) atoms. The van der Waals surface area contributed by atoms with Crippen molar-refractivity contribution in [1.82, 2.24) is 0 Å². The van der Waals surface area contributed by atoms with Crippen LogP contribution in [0.5, 0.6) is 5.75 Å². The molecule has 0 atom stereocenters. The topological polar surface area (TPSA) is 50.4 Å². The molecule has 0 radical (unpaired) electrons. The van der Waals surface area contributed by atoms with Crippen LogP contribution in [0.2, 0.25) is 0 Å². The van der Waals surface area contributed by atoms with Crippen LogP contribution in [0.4, 0.5) is 11.4 Å². The molecule has 1 amide bonds. The number of aryl methyl sites for hydroxylation is 2. The van der Waals surface area contributed by atoms with Gasteiger partial charge in [-0.3, -0.25) is 4.79 Å². The van der Waals surface area contributed by atoms with Crippen molar-refractivity contribution in [1.29, 1.82) is 0 Å². The Morgan fingerprint density at radius 2 is 1.71 bits per heavy atom. The Labute approximate surface area is 166 Å². The predicted octanol–water partition coefficient (Wildman–Crippen LogP) is 5.06. The van der Waals surface area contributed by atoms with Crippen molar-refractivity contribution in [2.24, 2.45) is 0 Å².